The maximum atomic E-state index is 12.1. The second kappa shape index (κ2) is 7.17. The first-order chi connectivity index (χ1) is 12.0. The number of aromatic amines is 1. The summed E-state index contributed by atoms with van der Waals surface area (Å²) in [5.41, 5.74) is 3.98. The molecule has 0 unspecified atom stereocenters. The normalized spacial score (nSPS) is 10.6. The fourth-order valence-corrected chi connectivity index (χ4v) is 2.72. The van der Waals surface area contributed by atoms with Gasteiger partial charge in [0.25, 0.3) is 5.56 Å². The Hall–Kier alpha value is -3.15. The van der Waals surface area contributed by atoms with E-state index in [9.17, 15) is 9.59 Å². The van der Waals surface area contributed by atoms with Gasteiger partial charge in [0.05, 0.1) is 12.1 Å². The first-order valence-corrected chi connectivity index (χ1v) is 8.08. The van der Waals surface area contributed by atoms with Gasteiger partial charge in [-0.3, -0.25) is 9.59 Å². The predicted molar refractivity (Wildman–Crippen MR) is 95.7 cm³/mol. The molecular formula is C19H20N4O2. The predicted octanol–water partition coefficient (Wildman–Crippen LogP) is 2.04. The molecule has 0 saturated carbocycles. The topological polar surface area (TPSA) is 79.8 Å². The van der Waals surface area contributed by atoms with Gasteiger partial charge in [-0.25, -0.2) is 4.68 Å². The van der Waals surface area contributed by atoms with E-state index in [0.29, 0.717) is 5.56 Å². The number of nitrogens with one attached hydrogen (secondary N) is 2. The molecule has 6 heteroatoms. The molecule has 0 bridgehead atoms. The van der Waals surface area contributed by atoms with Crippen molar-refractivity contribution in [3.05, 3.63) is 81.5 Å². The van der Waals surface area contributed by atoms with Crippen molar-refractivity contribution < 1.29 is 4.79 Å². The molecule has 0 spiro atoms. The summed E-state index contributed by atoms with van der Waals surface area (Å²) in [4.78, 5) is 26.9. The Morgan fingerprint density at radius 3 is 2.64 bits per heavy atom. The van der Waals surface area contributed by atoms with Crippen molar-refractivity contribution in [1.82, 2.24) is 20.1 Å². The standard InChI is InChI=1S/C19H20N4O2/c1-13-10-14(2)22-19(25)17(13)12-20-18(24)11-15-4-6-16(7-5-15)23-9-3-8-21-23/h3-10H,11-12H2,1-2H3,(H,20,24)(H,22,25). The summed E-state index contributed by atoms with van der Waals surface area (Å²) in [6, 6.07) is 11.4. The van der Waals surface area contributed by atoms with Crippen LogP contribution >= 0.6 is 0 Å². The zero-order valence-corrected chi connectivity index (χ0v) is 14.2. The number of carbonyl (C=O) groups is 1. The number of hydrogen-bond donors (Lipinski definition) is 2. The molecule has 3 aromatic rings. The first kappa shape index (κ1) is 16.7. The number of rotatable bonds is 5. The SMILES string of the molecule is Cc1cc(C)c(CNC(=O)Cc2ccc(-n3cccn3)cc2)c(=O)[nH]1. The second-order valence-electron chi connectivity index (χ2n) is 6.01. The van der Waals surface area contributed by atoms with Gasteiger partial charge in [0.15, 0.2) is 0 Å². The minimum absolute atomic E-state index is 0.119. The fourth-order valence-electron chi connectivity index (χ4n) is 2.72. The molecule has 1 aromatic carbocycles. The van der Waals surface area contributed by atoms with E-state index in [4.69, 9.17) is 0 Å². The van der Waals surface area contributed by atoms with Gasteiger partial charge in [-0.05, 0) is 49.2 Å². The number of amides is 1. The van der Waals surface area contributed by atoms with Gasteiger partial charge >= 0.3 is 0 Å². The van der Waals surface area contributed by atoms with Crippen LogP contribution in [0.5, 0.6) is 0 Å². The molecule has 0 aliphatic rings. The van der Waals surface area contributed by atoms with E-state index in [-0.39, 0.29) is 24.4 Å². The highest BCUT2D eigenvalue weighted by Crippen LogP contribution is 2.09. The van der Waals surface area contributed by atoms with Crippen molar-refractivity contribution in [2.24, 2.45) is 0 Å². The Balaban J connectivity index is 1.61. The number of carbonyl (C=O) groups excluding carboxylic acids is 1. The molecule has 0 aliphatic carbocycles. The smallest absolute Gasteiger partial charge is 0.253 e. The third-order valence-electron chi connectivity index (χ3n) is 4.03. The molecule has 0 radical (unpaired) electrons. The van der Waals surface area contributed by atoms with Crippen molar-refractivity contribution in [2.45, 2.75) is 26.8 Å². The highest BCUT2D eigenvalue weighted by Gasteiger charge is 2.08. The molecule has 6 nitrogen and oxygen atoms in total. The lowest BCUT2D eigenvalue weighted by atomic mass is 10.1. The van der Waals surface area contributed by atoms with Crippen LogP contribution in [-0.2, 0) is 17.8 Å². The van der Waals surface area contributed by atoms with Gasteiger partial charge in [0.2, 0.25) is 5.91 Å². The Kier molecular flexibility index (Phi) is 4.79. The Bertz CT molecular complexity index is 925. The Morgan fingerprint density at radius 1 is 1.24 bits per heavy atom. The average Bonchev–Trinajstić information content (AvgIpc) is 3.09. The van der Waals surface area contributed by atoms with Crippen molar-refractivity contribution in [3.8, 4) is 5.69 Å². The zero-order chi connectivity index (χ0) is 17.8. The van der Waals surface area contributed by atoms with Crippen LogP contribution in [0.2, 0.25) is 0 Å². The molecule has 0 saturated heterocycles. The van der Waals surface area contributed by atoms with Crippen molar-refractivity contribution in [3.63, 3.8) is 0 Å². The summed E-state index contributed by atoms with van der Waals surface area (Å²) in [5.74, 6) is -0.119. The number of nitrogens with zero attached hydrogens (tertiary/aromatic N) is 2. The number of aryl methyl sites for hydroxylation is 2. The average molecular weight is 336 g/mol. The van der Waals surface area contributed by atoms with E-state index in [2.05, 4.69) is 15.4 Å². The van der Waals surface area contributed by atoms with Crippen LogP contribution in [0.15, 0.2) is 53.6 Å². The number of aromatic nitrogens is 3. The fraction of sp³-hybridized carbons (Fsp3) is 0.211. The van der Waals surface area contributed by atoms with E-state index in [1.165, 1.54) is 0 Å². The van der Waals surface area contributed by atoms with Gasteiger partial charge in [-0.1, -0.05) is 12.1 Å². The summed E-state index contributed by atoms with van der Waals surface area (Å²) < 4.78 is 1.76. The van der Waals surface area contributed by atoms with E-state index in [0.717, 1.165) is 22.5 Å². The largest absolute Gasteiger partial charge is 0.352 e. The van der Waals surface area contributed by atoms with E-state index >= 15 is 0 Å². The van der Waals surface area contributed by atoms with Gasteiger partial charge in [-0.2, -0.15) is 5.10 Å². The number of benzene rings is 1. The highest BCUT2D eigenvalue weighted by atomic mass is 16.1. The van der Waals surface area contributed by atoms with Crippen LogP contribution < -0.4 is 10.9 Å². The molecule has 25 heavy (non-hydrogen) atoms. The van der Waals surface area contributed by atoms with Crippen molar-refractivity contribution in [1.29, 1.82) is 0 Å². The lowest BCUT2D eigenvalue weighted by molar-refractivity contribution is -0.120. The lowest BCUT2D eigenvalue weighted by Gasteiger charge is -2.09. The summed E-state index contributed by atoms with van der Waals surface area (Å²) in [5, 5.41) is 6.98. The number of pyridine rings is 1. The summed E-state index contributed by atoms with van der Waals surface area (Å²) in [6.07, 6.45) is 3.85. The van der Waals surface area contributed by atoms with Crippen molar-refractivity contribution in [2.75, 3.05) is 0 Å². The van der Waals surface area contributed by atoms with E-state index in [1.807, 2.05) is 56.4 Å². The molecule has 3 rings (SSSR count). The molecule has 128 valence electrons. The Morgan fingerprint density at radius 2 is 2.00 bits per heavy atom. The van der Waals surface area contributed by atoms with Gasteiger partial charge in [0, 0.05) is 30.2 Å². The van der Waals surface area contributed by atoms with Crippen LogP contribution in [0.4, 0.5) is 0 Å². The van der Waals surface area contributed by atoms with Gasteiger partial charge in [0.1, 0.15) is 0 Å². The number of hydrogen-bond acceptors (Lipinski definition) is 3. The summed E-state index contributed by atoms with van der Waals surface area (Å²) in [6.45, 7) is 3.94. The first-order valence-electron chi connectivity index (χ1n) is 8.08. The van der Waals surface area contributed by atoms with Gasteiger partial charge in [-0.15, -0.1) is 0 Å². The van der Waals surface area contributed by atoms with Crippen LogP contribution in [0.25, 0.3) is 5.69 Å². The lowest BCUT2D eigenvalue weighted by Crippen LogP contribution is -2.29. The monoisotopic (exact) mass is 336 g/mol. The molecule has 0 aliphatic heterocycles. The Labute approximate surface area is 145 Å². The molecule has 0 atom stereocenters. The molecule has 1 amide bonds. The minimum atomic E-state index is -0.152. The van der Waals surface area contributed by atoms with Gasteiger partial charge < -0.3 is 10.3 Å². The minimum Gasteiger partial charge on any atom is -0.352 e. The van der Waals surface area contributed by atoms with Crippen LogP contribution in [-0.4, -0.2) is 20.7 Å². The molecule has 0 fully saturated rings. The van der Waals surface area contributed by atoms with Crippen LogP contribution in [0.3, 0.4) is 0 Å². The molecular weight excluding hydrogens is 316 g/mol. The third-order valence-corrected chi connectivity index (χ3v) is 4.03. The number of H-pyrrole nitrogens is 1. The van der Waals surface area contributed by atoms with Crippen LogP contribution in [0.1, 0.15) is 22.4 Å². The maximum absolute atomic E-state index is 12.1. The quantitative estimate of drug-likeness (QED) is 0.748. The van der Waals surface area contributed by atoms with E-state index < -0.39 is 0 Å². The second-order valence-corrected chi connectivity index (χ2v) is 6.01. The molecule has 2 heterocycles. The van der Waals surface area contributed by atoms with Crippen molar-refractivity contribution >= 4 is 5.91 Å². The van der Waals surface area contributed by atoms with E-state index in [1.54, 1.807) is 10.9 Å². The summed E-state index contributed by atoms with van der Waals surface area (Å²) >= 11 is 0. The molecule has 2 aromatic heterocycles. The maximum Gasteiger partial charge on any atom is 0.253 e. The van der Waals surface area contributed by atoms with Crippen LogP contribution in [0, 0.1) is 13.8 Å². The third kappa shape index (κ3) is 4.03. The highest BCUT2D eigenvalue weighted by molar-refractivity contribution is 5.78. The zero-order valence-electron chi connectivity index (χ0n) is 14.2. The summed E-state index contributed by atoms with van der Waals surface area (Å²) in [7, 11) is 0. The molecule has 2 N–H and O–H groups in total.